The molecule has 0 saturated carbocycles. The Balaban J connectivity index is 5.08. The van der Waals surface area contributed by atoms with Crippen molar-refractivity contribution in [3.05, 3.63) is 25.4 Å². The third-order valence-electron chi connectivity index (χ3n) is 1.32. The summed E-state index contributed by atoms with van der Waals surface area (Å²) in [6, 6.07) is 0. The quantitative estimate of drug-likeness (QED) is 0.328. The van der Waals surface area contributed by atoms with Gasteiger partial charge in [0.05, 0.1) is 7.11 Å². The number of carboxylic acid groups (broad SMARTS) is 1. The predicted molar refractivity (Wildman–Crippen MR) is 38.1 cm³/mol. The Morgan fingerprint density at radius 2 is 2.00 bits per heavy atom. The van der Waals surface area contributed by atoms with Crippen molar-refractivity contribution in [3.63, 3.8) is 0 Å². The lowest BCUT2D eigenvalue weighted by atomic mass is 10.5. The molecular weight excluding hydrogens is 162 g/mol. The molecule has 0 bridgehead atoms. The standard InChI is InChI=1S/C7H9NO4/c1-4-6(9)8(5-2,12-3)7(10)11/h4-5H,1-2H2,3H3. The van der Waals surface area contributed by atoms with E-state index in [0.717, 1.165) is 19.4 Å². The van der Waals surface area contributed by atoms with Crippen LogP contribution in [0.4, 0.5) is 4.79 Å². The summed E-state index contributed by atoms with van der Waals surface area (Å²) >= 11 is 0. The second kappa shape index (κ2) is 3.80. The molecule has 0 aliphatic carbocycles. The molecule has 0 rings (SSSR count). The van der Waals surface area contributed by atoms with Gasteiger partial charge in [-0.1, -0.05) is 6.58 Å². The first-order valence-corrected chi connectivity index (χ1v) is 3.01. The zero-order valence-electron chi connectivity index (χ0n) is 6.65. The van der Waals surface area contributed by atoms with E-state index < -0.39 is 16.6 Å². The van der Waals surface area contributed by atoms with Gasteiger partial charge < -0.3 is 9.90 Å². The summed E-state index contributed by atoms with van der Waals surface area (Å²) in [5.41, 5.74) is 0. The molecule has 0 aliphatic rings. The predicted octanol–water partition coefficient (Wildman–Crippen LogP) is -0.436. The monoisotopic (exact) mass is 171 g/mol. The van der Waals surface area contributed by atoms with Crippen molar-refractivity contribution < 1.29 is 24.2 Å². The van der Waals surface area contributed by atoms with Crippen LogP contribution in [0.25, 0.3) is 0 Å². The number of rotatable bonds is 3. The molecule has 5 nitrogen and oxygen atoms in total. The number of hydrogen-bond acceptors (Lipinski definition) is 4. The number of hydroxylamine groups is 3. The van der Waals surface area contributed by atoms with Gasteiger partial charge in [-0.25, -0.2) is 4.79 Å². The van der Waals surface area contributed by atoms with Crippen molar-refractivity contribution in [2.45, 2.75) is 0 Å². The van der Waals surface area contributed by atoms with E-state index in [1.165, 1.54) is 0 Å². The molecule has 0 saturated heterocycles. The lowest BCUT2D eigenvalue weighted by Gasteiger charge is -2.24. The van der Waals surface area contributed by atoms with Crippen LogP contribution < -0.4 is 5.11 Å². The maximum atomic E-state index is 11.0. The van der Waals surface area contributed by atoms with E-state index in [1.807, 2.05) is 0 Å². The van der Waals surface area contributed by atoms with E-state index in [1.54, 1.807) is 0 Å². The van der Waals surface area contributed by atoms with Crippen molar-refractivity contribution in [2.24, 2.45) is 0 Å². The number of carbonyl (C=O) groups excluding carboxylic acids is 2. The van der Waals surface area contributed by atoms with E-state index in [2.05, 4.69) is 18.0 Å². The molecule has 66 valence electrons. The third-order valence-corrected chi connectivity index (χ3v) is 1.32. The summed E-state index contributed by atoms with van der Waals surface area (Å²) in [4.78, 5) is 25.9. The Hall–Kier alpha value is -1.46. The van der Waals surface area contributed by atoms with E-state index in [4.69, 9.17) is 0 Å². The van der Waals surface area contributed by atoms with Crippen LogP contribution >= 0.6 is 0 Å². The first kappa shape index (κ1) is 10.5. The zero-order chi connectivity index (χ0) is 9.78. The molecule has 0 aromatic heterocycles. The minimum Gasteiger partial charge on any atom is -0.495 e. The van der Waals surface area contributed by atoms with Crippen LogP contribution in [0.1, 0.15) is 0 Å². The lowest BCUT2D eigenvalue weighted by Crippen LogP contribution is -2.57. The molecule has 5 heteroatoms. The Bertz CT molecular complexity index is 236. The number of imide groups is 1. The van der Waals surface area contributed by atoms with Gasteiger partial charge in [-0.15, -0.1) is 0 Å². The molecule has 0 aliphatic heterocycles. The van der Waals surface area contributed by atoms with Crippen LogP contribution in [0.15, 0.2) is 25.4 Å². The highest BCUT2D eigenvalue weighted by Crippen LogP contribution is 2.08. The highest BCUT2D eigenvalue weighted by atomic mass is 16.7. The number of amides is 2. The van der Waals surface area contributed by atoms with Crippen LogP contribution in [0.2, 0.25) is 0 Å². The second-order valence-corrected chi connectivity index (χ2v) is 1.83. The Kier molecular flexibility index (Phi) is 3.33. The van der Waals surface area contributed by atoms with E-state index in [-0.39, 0.29) is 0 Å². The summed E-state index contributed by atoms with van der Waals surface area (Å²) in [5.74, 6) is -0.868. The number of nitrogens with zero attached hydrogens (tertiary/aromatic N) is 1. The van der Waals surface area contributed by atoms with Gasteiger partial charge in [-0.2, -0.15) is 4.84 Å². The van der Waals surface area contributed by atoms with E-state index >= 15 is 0 Å². The molecule has 2 amide bonds. The van der Waals surface area contributed by atoms with Crippen LogP contribution in [0.5, 0.6) is 0 Å². The van der Waals surface area contributed by atoms with Gasteiger partial charge >= 0.3 is 12.0 Å². The summed E-state index contributed by atoms with van der Waals surface area (Å²) in [6.45, 7) is 6.27. The molecule has 1 unspecified atom stereocenters. The molecule has 0 aromatic carbocycles. The van der Waals surface area contributed by atoms with E-state index in [9.17, 15) is 14.7 Å². The summed E-state index contributed by atoms with van der Waals surface area (Å²) in [7, 11) is 1.05. The fraction of sp³-hybridized carbons (Fsp3) is 0.143. The summed E-state index contributed by atoms with van der Waals surface area (Å²) < 4.78 is -1.41. The van der Waals surface area contributed by atoms with Crippen molar-refractivity contribution in [1.82, 2.24) is 0 Å². The normalized spacial score (nSPS) is 14.4. The average Bonchev–Trinajstić information content (AvgIpc) is 2.06. The Labute approximate surface area is 69.7 Å². The van der Waals surface area contributed by atoms with Crippen molar-refractivity contribution in [3.8, 4) is 0 Å². The van der Waals surface area contributed by atoms with Crippen LogP contribution in [0, 0.1) is 0 Å². The largest absolute Gasteiger partial charge is 0.495 e. The van der Waals surface area contributed by atoms with Gasteiger partial charge in [0.2, 0.25) is 0 Å². The van der Waals surface area contributed by atoms with Gasteiger partial charge in [0.25, 0.3) is 0 Å². The molecule has 0 heterocycles. The number of carbonyl (C=O) groups is 2. The molecule has 0 N–H and O–H groups in total. The minimum absolute atomic E-state index is 0.805. The first-order valence-electron chi connectivity index (χ1n) is 3.01. The van der Waals surface area contributed by atoms with Gasteiger partial charge in [-0.05, 0) is 11.2 Å². The van der Waals surface area contributed by atoms with Gasteiger partial charge in [0.15, 0.2) is 0 Å². The lowest BCUT2D eigenvalue weighted by molar-refractivity contribution is -0.948. The number of hydrogen-bond donors (Lipinski definition) is 0. The third kappa shape index (κ3) is 1.41. The van der Waals surface area contributed by atoms with E-state index in [0.29, 0.717) is 0 Å². The number of quaternary nitrogens is 1. The second-order valence-electron chi connectivity index (χ2n) is 1.83. The molecule has 0 spiro atoms. The summed E-state index contributed by atoms with van der Waals surface area (Å²) in [6.07, 6.45) is -0.0854. The molecular formula is C7H9NO4. The maximum Gasteiger partial charge on any atom is 0.381 e. The first-order chi connectivity index (χ1) is 5.55. The molecule has 0 radical (unpaired) electrons. The van der Waals surface area contributed by atoms with Crippen molar-refractivity contribution in [2.75, 3.05) is 7.11 Å². The van der Waals surface area contributed by atoms with Crippen LogP contribution in [0.3, 0.4) is 0 Å². The highest BCUT2D eigenvalue weighted by Gasteiger charge is 2.36. The topological polar surface area (TPSA) is 66.4 Å². The molecule has 0 aromatic rings. The zero-order valence-corrected chi connectivity index (χ0v) is 6.65. The summed E-state index contributed by atoms with van der Waals surface area (Å²) in [5, 5.41) is 10.5. The van der Waals surface area contributed by atoms with Crippen molar-refractivity contribution in [1.29, 1.82) is 0 Å². The molecule has 1 atom stereocenters. The van der Waals surface area contributed by atoms with Gasteiger partial charge in [0, 0.05) is 6.08 Å². The van der Waals surface area contributed by atoms with Crippen molar-refractivity contribution >= 4 is 12.0 Å². The minimum atomic E-state index is -1.71. The Morgan fingerprint density at radius 3 is 2.08 bits per heavy atom. The fourth-order valence-electron chi connectivity index (χ4n) is 0.629. The molecule has 0 fully saturated rings. The highest BCUT2D eigenvalue weighted by molar-refractivity contribution is 5.87. The molecule has 12 heavy (non-hydrogen) atoms. The smallest absolute Gasteiger partial charge is 0.381 e. The SMILES string of the molecule is C=CC(=O)[N+](C=C)(OC)C(=O)[O-]. The van der Waals surface area contributed by atoms with Crippen LogP contribution in [-0.2, 0) is 9.63 Å². The van der Waals surface area contributed by atoms with Gasteiger partial charge in [-0.3, -0.25) is 0 Å². The van der Waals surface area contributed by atoms with Gasteiger partial charge in [0.1, 0.15) is 6.20 Å². The van der Waals surface area contributed by atoms with Crippen LogP contribution in [-0.4, -0.2) is 23.8 Å². The average molecular weight is 171 g/mol. The Morgan fingerprint density at radius 1 is 1.50 bits per heavy atom. The fourth-order valence-corrected chi connectivity index (χ4v) is 0.629. The maximum absolute atomic E-state index is 11.0.